The maximum Gasteiger partial charge on any atom is 0.410 e. The molecule has 4 N–H and O–H groups in total. The number of hydrogen-bond acceptors (Lipinski definition) is 16. The zero-order valence-electron chi connectivity index (χ0n) is 39.4. The number of fused-ring (bicyclic) bond motifs is 2. The molecule has 1 aliphatic carbocycles. The van der Waals surface area contributed by atoms with Crippen LogP contribution in [-0.4, -0.2) is 157 Å². The number of aromatic nitrogens is 4. The second kappa shape index (κ2) is 20.1. The highest BCUT2D eigenvalue weighted by Crippen LogP contribution is 2.37. The Morgan fingerprint density at radius 1 is 0.783 bits per heavy atom. The molecule has 10 rings (SSSR count). The molecule has 0 atom stereocenters. The third-order valence-electron chi connectivity index (χ3n) is 14.3. The van der Waals surface area contributed by atoms with Gasteiger partial charge in [-0.15, -0.1) is 11.3 Å². The minimum atomic E-state index is -0.275. The summed E-state index contributed by atoms with van der Waals surface area (Å²) >= 11 is 1.72. The molecule has 0 spiro atoms. The molecule has 19 heteroatoms. The van der Waals surface area contributed by atoms with Gasteiger partial charge < -0.3 is 45.0 Å². The Kier molecular flexibility index (Phi) is 13.5. The van der Waals surface area contributed by atoms with Crippen molar-refractivity contribution >= 4 is 51.2 Å². The van der Waals surface area contributed by atoms with Gasteiger partial charge in [-0.3, -0.25) is 19.4 Å². The smallest absolute Gasteiger partial charge is 0.410 e. The summed E-state index contributed by atoms with van der Waals surface area (Å²) in [6.45, 7) is 14.6. The fourth-order valence-corrected chi connectivity index (χ4v) is 11.5. The first-order valence-corrected chi connectivity index (χ1v) is 25.1. The van der Waals surface area contributed by atoms with E-state index < -0.39 is 0 Å². The fourth-order valence-electron chi connectivity index (χ4n) is 10.3. The third-order valence-corrected chi connectivity index (χ3v) is 15.4. The number of anilines is 2. The lowest BCUT2D eigenvalue weighted by molar-refractivity contribution is -0.139. The monoisotopic (exact) mass is 959 g/mol. The zero-order valence-corrected chi connectivity index (χ0v) is 40.2. The second-order valence-electron chi connectivity index (χ2n) is 19.3. The second-order valence-corrected chi connectivity index (χ2v) is 20.4. The molecule has 1 saturated carbocycles. The molecule has 0 bridgehead atoms. The summed E-state index contributed by atoms with van der Waals surface area (Å²) in [5.41, 5.74) is 11.5. The molecule has 3 saturated heterocycles. The van der Waals surface area contributed by atoms with E-state index in [0.29, 0.717) is 95.1 Å². The van der Waals surface area contributed by atoms with E-state index in [0.717, 1.165) is 85.1 Å². The van der Waals surface area contributed by atoms with Gasteiger partial charge in [0.05, 0.1) is 34.6 Å². The van der Waals surface area contributed by atoms with Crippen LogP contribution in [0.4, 0.5) is 16.6 Å². The normalized spacial score (nSPS) is 20.4. The number of piperazine rings is 2. The van der Waals surface area contributed by atoms with E-state index in [4.69, 9.17) is 25.2 Å². The molecule has 7 heterocycles. The fraction of sp³-hybridized carbons (Fsp3) is 0.500. The van der Waals surface area contributed by atoms with Gasteiger partial charge in [-0.05, 0) is 66.0 Å². The van der Waals surface area contributed by atoms with Crippen molar-refractivity contribution in [2.45, 2.75) is 77.7 Å². The lowest BCUT2D eigenvalue weighted by atomic mass is 9.86. The predicted octanol–water partition coefficient (Wildman–Crippen LogP) is 5.42. The maximum atomic E-state index is 13.7. The highest BCUT2D eigenvalue weighted by molar-refractivity contribution is 7.19. The lowest BCUT2D eigenvalue weighted by Crippen LogP contribution is -2.50. The third kappa shape index (κ3) is 10.3. The zero-order chi connectivity index (χ0) is 47.8. The molecule has 4 fully saturated rings. The molecule has 2 aromatic carbocycles. The first kappa shape index (κ1) is 46.6. The predicted molar refractivity (Wildman–Crippen MR) is 261 cm³/mol. The van der Waals surface area contributed by atoms with Crippen LogP contribution in [0.15, 0.2) is 48.8 Å². The van der Waals surface area contributed by atoms with Crippen LogP contribution in [0.5, 0.6) is 11.5 Å². The van der Waals surface area contributed by atoms with Gasteiger partial charge in [0, 0.05) is 121 Å². The number of aromatic hydroxyl groups is 2. The minimum absolute atomic E-state index is 0.00170. The van der Waals surface area contributed by atoms with Crippen molar-refractivity contribution in [1.82, 2.24) is 44.4 Å². The molecule has 364 valence electrons. The number of phenols is 2. The van der Waals surface area contributed by atoms with Crippen LogP contribution in [0, 0.1) is 5.92 Å². The number of hydrogen-bond donors (Lipinski definition) is 3. The van der Waals surface area contributed by atoms with Crippen molar-refractivity contribution in [3.63, 3.8) is 0 Å². The van der Waals surface area contributed by atoms with Crippen molar-refractivity contribution in [1.29, 1.82) is 0 Å². The van der Waals surface area contributed by atoms with E-state index in [9.17, 15) is 24.6 Å². The Morgan fingerprint density at radius 3 is 2.17 bits per heavy atom. The van der Waals surface area contributed by atoms with Gasteiger partial charge in [0.25, 0.3) is 5.91 Å². The van der Waals surface area contributed by atoms with E-state index in [1.165, 1.54) is 10.9 Å². The molecule has 0 unspecified atom stereocenters. The Hall–Kier alpha value is -6.15. The van der Waals surface area contributed by atoms with Gasteiger partial charge in [-0.25, -0.2) is 24.7 Å². The topological polar surface area (TPSA) is 207 Å². The number of nitrogen functional groups attached to an aromatic ring is 1. The van der Waals surface area contributed by atoms with Crippen molar-refractivity contribution in [3.8, 4) is 22.9 Å². The number of nitrogens with two attached hydrogens (primary N) is 1. The minimum Gasteiger partial charge on any atom is -0.508 e. The van der Waals surface area contributed by atoms with Crippen molar-refractivity contribution in [2.24, 2.45) is 5.92 Å². The summed E-state index contributed by atoms with van der Waals surface area (Å²) < 4.78 is 12.7. The van der Waals surface area contributed by atoms with Crippen LogP contribution in [0.1, 0.15) is 82.9 Å². The number of thiophene rings is 1. The molecule has 3 amide bonds. The van der Waals surface area contributed by atoms with Crippen LogP contribution in [0.25, 0.3) is 21.6 Å². The van der Waals surface area contributed by atoms with Crippen molar-refractivity contribution in [3.05, 3.63) is 81.5 Å². The SMILES string of the molecule is CC(C)c1cc(C(=O)N2Cc3ccc(CN4CCN(C(=O)OC5CCC(C(=O)N6CCN(Cc7cc8nc(-c9cnc(N)nc9)nc(N9CCOCC9)c8s7)CC6)CC5)CC4)cc3C2)c(O)cc1O. The molecule has 3 aromatic heterocycles. The van der Waals surface area contributed by atoms with E-state index in [2.05, 4.69) is 48.9 Å². The largest absolute Gasteiger partial charge is 0.508 e. The number of amides is 3. The van der Waals surface area contributed by atoms with Crippen LogP contribution in [-0.2, 0) is 40.4 Å². The summed E-state index contributed by atoms with van der Waals surface area (Å²) in [4.78, 5) is 72.5. The number of nitrogens with zero attached hydrogens (tertiary/aromatic N) is 10. The molecular weight excluding hydrogens is 899 g/mol. The van der Waals surface area contributed by atoms with E-state index in [1.807, 2.05) is 18.7 Å². The highest BCUT2D eigenvalue weighted by atomic mass is 32.1. The summed E-state index contributed by atoms with van der Waals surface area (Å²) in [5, 5.41) is 20.8. The van der Waals surface area contributed by atoms with Crippen LogP contribution >= 0.6 is 11.3 Å². The average Bonchev–Trinajstić information content (AvgIpc) is 3.98. The Morgan fingerprint density at radius 2 is 1.46 bits per heavy atom. The number of carbonyl (C=O) groups is 3. The molecule has 69 heavy (non-hydrogen) atoms. The Bertz CT molecular complexity index is 2690. The number of benzene rings is 2. The molecule has 5 aliphatic rings. The van der Waals surface area contributed by atoms with Gasteiger partial charge in [0.15, 0.2) is 11.6 Å². The van der Waals surface area contributed by atoms with E-state index >= 15 is 0 Å². The summed E-state index contributed by atoms with van der Waals surface area (Å²) in [6.07, 6.45) is 5.66. The maximum absolute atomic E-state index is 13.7. The summed E-state index contributed by atoms with van der Waals surface area (Å²) in [6, 6.07) is 11.3. The first-order valence-electron chi connectivity index (χ1n) is 24.3. The van der Waals surface area contributed by atoms with Crippen LogP contribution in [0.3, 0.4) is 0 Å². The number of phenolic OH excluding ortho intramolecular Hbond substituents is 2. The highest BCUT2D eigenvalue weighted by Gasteiger charge is 2.34. The van der Waals surface area contributed by atoms with Crippen LogP contribution < -0.4 is 10.6 Å². The van der Waals surface area contributed by atoms with Gasteiger partial charge in [-0.1, -0.05) is 32.0 Å². The average molecular weight is 960 g/mol. The number of morpholine rings is 1. The van der Waals surface area contributed by atoms with Gasteiger partial charge >= 0.3 is 6.09 Å². The number of ether oxygens (including phenoxy) is 2. The Balaban J connectivity index is 0.653. The van der Waals surface area contributed by atoms with Gasteiger partial charge in [-0.2, -0.15) is 0 Å². The van der Waals surface area contributed by atoms with Crippen molar-refractivity contribution < 1.29 is 34.1 Å². The van der Waals surface area contributed by atoms with Gasteiger partial charge in [0.1, 0.15) is 17.6 Å². The molecule has 0 radical (unpaired) electrons. The quantitative estimate of drug-likeness (QED) is 0.160. The Labute approximate surface area is 405 Å². The first-order chi connectivity index (χ1) is 33.4. The van der Waals surface area contributed by atoms with E-state index in [1.54, 1.807) is 39.6 Å². The molecule has 4 aliphatic heterocycles. The number of rotatable bonds is 10. The molecular formula is C50H61N11O7S. The lowest BCUT2D eigenvalue weighted by Gasteiger charge is -2.38. The molecule has 18 nitrogen and oxygen atoms in total. The summed E-state index contributed by atoms with van der Waals surface area (Å²) in [7, 11) is 0. The molecule has 5 aromatic rings. The van der Waals surface area contributed by atoms with Crippen LogP contribution in [0.2, 0.25) is 0 Å². The summed E-state index contributed by atoms with van der Waals surface area (Å²) in [5.74, 6) is 1.34. The number of carbonyl (C=O) groups excluding carboxylic acids is 3. The van der Waals surface area contributed by atoms with Crippen molar-refractivity contribution in [2.75, 3.05) is 89.3 Å². The van der Waals surface area contributed by atoms with E-state index in [-0.39, 0.29) is 58.9 Å². The van der Waals surface area contributed by atoms with Gasteiger partial charge in [0.2, 0.25) is 11.9 Å². The standard InChI is InChI=1S/C50H61N11O7S/c1-31(2)39-23-40(43(63)24-42(39)62)48(65)61-28-34-4-3-32(21-35(34)29-61)27-56-11-15-60(16-12-56)50(66)68-37-7-5-33(6-8-37)47(64)59-13-9-57(10-14-59)30-38-22-41-44(69-38)46(58-17-19-67-20-18-58)55-45(54-41)36-25-52-49(51)53-26-36/h3-4,21-26,31,33,37,62-63H,5-20,27-30H2,1-2H3,(H2,51,52,53).